The first kappa shape index (κ1) is 10.9. The van der Waals surface area contributed by atoms with Crippen LogP contribution in [0.5, 0.6) is 0 Å². The number of hydrogen-bond acceptors (Lipinski definition) is 2. The summed E-state index contributed by atoms with van der Waals surface area (Å²) in [5.41, 5.74) is 0. The van der Waals surface area contributed by atoms with Crippen molar-refractivity contribution in [2.45, 2.75) is 18.9 Å². The van der Waals surface area contributed by atoms with E-state index in [1.165, 1.54) is 0 Å². The van der Waals surface area contributed by atoms with Crippen molar-refractivity contribution in [1.82, 2.24) is 0 Å². The zero-order valence-electron chi connectivity index (χ0n) is 7.75. The van der Waals surface area contributed by atoms with Gasteiger partial charge in [0.15, 0.2) is 0 Å². The van der Waals surface area contributed by atoms with Gasteiger partial charge in [0.25, 0.3) is 0 Å². The van der Waals surface area contributed by atoms with Crippen molar-refractivity contribution >= 4 is 0 Å². The summed E-state index contributed by atoms with van der Waals surface area (Å²) < 4.78 is 0.864. The Labute approximate surface area is 68.9 Å². The molecule has 2 N–H and O–H groups in total. The second-order valence-electron chi connectivity index (χ2n) is 3.97. The minimum Gasteiger partial charge on any atom is -0.396 e. The summed E-state index contributed by atoms with van der Waals surface area (Å²) in [7, 11) is 6.27. The molecule has 0 radical (unpaired) electrons. The molecule has 11 heavy (non-hydrogen) atoms. The van der Waals surface area contributed by atoms with Crippen molar-refractivity contribution in [2.75, 3.05) is 34.3 Å². The highest BCUT2D eigenvalue weighted by Gasteiger charge is 2.10. The second kappa shape index (κ2) is 4.70. The molecule has 0 heterocycles. The summed E-state index contributed by atoms with van der Waals surface area (Å²) in [6.07, 6.45) is 0.932. The fourth-order valence-corrected chi connectivity index (χ4v) is 0.830. The van der Waals surface area contributed by atoms with Gasteiger partial charge in [-0.15, -0.1) is 0 Å². The van der Waals surface area contributed by atoms with Crippen LogP contribution < -0.4 is 0 Å². The van der Waals surface area contributed by atoms with Crippen LogP contribution in [0.25, 0.3) is 0 Å². The molecule has 0 fully saturated rings. The molecule has 0 aliphatic rings. The molecule has 0 aromatic carbocycles. The van der Waals surface area contributed by atoms with Gasteiger partial charge in [-0.1, -0.05) is 0 Å². The molecule has 0 spiro atoms. The van der Waals surface area contributed by atoms with Crippen LogP contribution in [0.4, 0.5) is 0 Å². The minimum absolute atomic E-state index is 0.0817. The number of rotatable bonds is 5. The lowest BCUT2D eigenvalue weighted by molar-refractivity contribution is -0.870. The van der Waals surface area contributed by atoms with E-state index in [4.69, 9.17) is 5.11 Å². The van der Waals surface area contributed by atoms with Gasteiger partial charge >= 0.3 is 0 Å². The Hall–Kier alpha value is -0.120. The first-order valence-electron chi connectivity index (χ1n) is 4.05. The fourth-order valence-electron chi connectivity index (χ4n) is 0.830. The zero-order chi connectivity index (χ0) is 8.91. The molecule has 1 unspecified atom stereocenters. The molecule has 3 heteroatoms. The van der Waals surface area contributed by atoms with E-state index < -0.39 is 0 Å². The molecule has 0 bridgehead atoms. The van der Waals surface area contributed by atoms with E-state index >= 15 is 0 Å². The summed E-state index contributed by atoms with van der Waals surface area (Å²) in [5, 5.41) is 17.7. The van der Waals surface area contributed by atoms with Crippen LogP contribution >= 0.6 is 0 Å². The molecule has 68 valence electrons. The van der Waals surface area contributed by atoms with Gasteiger partial charge in [-0.3, -0.25) is 0 Å². The summed E-state index contributed by atoms with van der Waals surface area (Å²) in [5.74, 6) is 0. The van der Waals surface area contributed by atoms with Crippen molar-refractivity contribution < 1.29 is 14.7 Å². The molecule has 0 rings (SSSR count). The molecule has 0 aliphatic heterocycles. The number of nitrogens with zero attached hydrogens (tertiary/aromatic N) is 1. The van der Waals surface area contributed by atoms with Gasteiger partial charge in [-0.25, -0.2) is 0 Å². The highest BCUT2D eigenvalue weighted by molar-refractivity contribution is 4.52. The number of quaternary nitrogens is 1. The van der Waals surface area contributed by atoms with Crippen molar-refractivity contribution in [1.29, 1.82) is 0 Å². The summed E-state index contributed by atoms with van der Waals surface area (Å²) in [4.78, 5) is 0. The van der Waals surface area contributed by atoms with E-state index in [-0.39, 0.29) is 12.7 Å². The van der Waals surface area contributed by atoms with Gasteiger partial charge in [0.05, 0.1) is 33.8 Å². The SMILES string of the molecule is C[N+](C)(C)CCC(O)CCO. The van der Waals surface area contributed by atoms with Crippen LogP contribution in [-0.4, -0.2) is 55.1 Å². The van der Waals surface area contributed by atoms with Crippen LogP contribution in [0, 0.1) is 0 Å². The largest absolute Gasteiger partial charge is 0.396 e. The molecule has 0 aliphatic carbocycles. The average Bonchev–Trinajstić information content (AvgIpc) is 1.83. The Kier molecular flexibility index (Phi) is 4.65. The molecule has 3 nitrogen and oxygen atoms in total. The van der Waals surface area contributed by atoms with Gasteiger partial charge in [0, 0.05) is 13.0 Å². The third-order valence-corrected chi connectivity index (χ3v) is 1.60. The van der Waals surface area contributed by atoms with Crippen LogP contribution in [0.3, 0.4) is 0 Å². The average molecular weight is 162 g/mol. The van der Waals surface area contributed by atoms with Gasteiger partial charge in [-0.2, -0.15) is 0 Å². The van der Waals surface area contributed by atoms with Gasteiger partial charge in [-0.05, 0) is 6.42 Å². The number of hydrogen-bond donors (Lipinski definition) is 2. The smallest absolute Gasteiger partial charge is 0.0805 e. The predicted molar refractivity (Wildman–Crippen MR) is 45.2 cm³/mol. The molecule has 1 atom stereocenters. The quantitative estimate of drug-likeness (QED) is 0.551. The van der Waals surface area contributed by atoms with Crippen molar-refractivity contribution in [3.63, 3.8) is 0 Å². The van der Waals surface area contributed by atoms with Gasteiger partial charge in [0.1, 0.15) is 0 Å². The lowest BCUT2D eigenvalue weighted by atomic mass is 10.2. The Bertz CT molecular complexity index is 98.8. The predicted octanol–water partition coefficient (Wildman–Crippen LogP) is -0.174. The first-order chi connectivity index (χ1) is 4.95. The fraction of sp³-hybridized carbons (Fsp3) is 1.00. The summed E-state index contributed by atoms with van der Waals surface area (Å²) in [6, 6.07) is 0. The Morgan fingerprint density at radius 2 is 1.73 bits per heavy atom. The van der Waals surface area contributed by atoms with Crippen molar-refractivity contribution in [2.24, 2.45) is 0 Å². The molecule has 0 aromatic rings. The lowest BCUT2D eigenvalue weighted by Gasteiger charge is -2.24. The topological polar surface area (TPSA) is 40.5 Å². The normalized spacial score (nSPS) is 15.0. The number of aliphatic hydroxyl groups is 2. The van der Waals surface area contributed by atoms with Crippen LogP contribution in [0.2, 0.25) is 0 Å². The molecular weight excluding hydrogens is 142 g/mol. The van der Waals surface area contributed by atoms with Crippen molar-refractivity contribution in [3.8, 4) is 0 Å². The van der Waals surface area contributed by atoms with E-state index in [1.54, 1.807) is 0 Å². The summed E-state index contributed by atoms with van der Waals surface area (Å²) in [6.45, 7) is 1.03. The standard InChI is InChI=1S/C8H20NO2/c1-9(2,3)6-4-8(11)5-7-10/h8,10-11H,4-7H2,1-3H3/q+1. The summed E-state index contributed by atoms with van der Waals surface area (Å²) >= 11 is 0. The van der Waals surface area contributed by atoms with Crippen LogP contribution in [0.15, 0.2) is 0 Å². The van der Waals surface area contributed by atoms with Crippen LogP contribution in [-0.2, 0) is 0 Å². The van der Waals surface area contributed by atoms with E-state index in [0.717, 1.165) is 17.4 Å². The number of aliphatic hydroxyl groups excluding tert-OH is 2. The second-order valence-corrected chi connectivity index (χ2v) is 3.97. The maximum Gasteiger partial charge on any atom is 0.0805 e. The maximum atomic E-state index is 9.24. The Balaban J connectivity index is 3.38. The molecule has 0 saturated heterocycles. The van der Waals surface area contributed by atoms with Gasteiger partial charge < -0.3 is 14.7 Å². The lowest BCUT2D eigenvalue weighted by Crippen LogP contribution is -2.37. The van der Waals surface area contributed by atoms with E-state index in [2.05, 4.69) is 21.1 Å². The highest BCUT2D eigenvalue weighted by atomic mass is 16.3. The van der Waals surface area contributed by atoms with Gasteiger partial charge in [0.2, 0.25) is 0 Å². The van der Waals surface area contributed by atoms with E-state index in [0.29, 0.717) is 6.42 Å². The molecule has 0 saturated carbocycles. The first-order valence-corrected chi connectivity index (χ1v) is 4.05. The highest BCUT2D eigenvalue weighted by Crippen LogP contribution is 2.01. The van der Waals surface area contributed by atoms with Crippen molar-refractivity contribution in [3.05, 3.63) is 0 Å². The third-order valence-electron chi connectivity index (χ3n) is 1.60. The third kappa shape index (κ3) is 7.78. The monoisotopic (exact) mass is 162 g/mol. The molecule has 0 aromatic heterocycles. The van der Waals surface area contributed by atoms with E-state index in [9.17, 15) is 5.11 Å². The van der Waals surface area contributed by atoms with E-state index in [1.807, 2.05) is 0 Å². The zero-order valence-corrected chi connectivity index (χ0v) is 7.75. The Morgan fingerprint density at radius 3 is 2.09 bits per heavy atom. The molecule has 0 amide bonds. The molecular formula is C8H20NO2+. The Morgan fingerprint density at radius 1 is 1.18 bits per heavy atom. The maximum absolute atomic E-state index is 9.24. The minimum atomic E-state index is -0.336. The van der Waals surface area contributed by atoms with Crippen LogP contribution in [0.1, 0.15) is 12.8 Å².